The van der Waals surface area contributed by atoms with Crippen molar-refractivity contribution in [3.05, 3.63) is 81.1 Å². The Hall–Kier alpha value is -3.36. The van der Waals surface area contributed by atoms with Crippen molar-refractivity contribution in [2.45, 2.75) is 27.7 Å². The Balaban J connectivity index is 1.98. The van der Waals surface area contributed by atoms with Gasteiger partial charge in [0, 0.05) is 11.3 Å². The highest BCUT2D eigenvalue weighted by atomic mass is 35.5. The lowest BCUT2D eigenvalue weighted by Gasteiger charge is -2.08. The lowest BCUT2D eigenvalue weighted by Crippen LogP contribution is -2.14. The summed E-state index contributed by atoms with van der Waals surface area (Å²) in [5, 5.41) is 17.2. The van der Waals surface area contributed by atoms with Gasteiger partial charge in [0.1, 0.15) is 16.8 Å². The molecule has 0 bridgehead atoms. The maximum atomic E-state index is 12.6. The number of nitriles is 1. The number of benzene rings is 2. The zero-order chi connectivity index (χ0) is 21.1. The first-order chi connectivity index (χ1) is 13.8. The van der Waals surface area contributed by atoms with Crippen LogP contribution in [0.15, 0.2) is 48.0 Å². The third kappa shape index (κ3) is 4.23. The Morgan fingerprint density at radius 3 is 2.52 bits per heavy atom. The number of anilines is 1. The number of aromatic nitrogens is 2. The molecule has 5 nitrogen and oxygen atoms in total. The molecule has 29 heavy (non-hydrogen) atoms. The predicted octanol–water partition coefficient (Wildman–Crippen LogP) is 5.31. The number of hydrogen-bond donors (Lipinski definition) is 1. The fourth-order valence-corrected chi connectivity index (χ4v) is 3.39. The van der Waals surface area contributed by atoms with Crippen LogP contribution in [0.4, 0.5) is 5.69 Å². The van der Waals surface area contributed by atoms with Crippen LogP contribution in [-0.4, -0.2) is 15.7 Å². The number of para-hydroxylation sites is 1. The predicted molar refractivity (Wildman–Crippen MR) is 116 cm³/mol. The number of carbonyl (C=O) groups excluding carboxylic acids is 1. The average molecular weight is 405 g/mol. The molecule has 0 atom stereocenters. The fourth-order valence-electron chi connectivity index (χ4n) is 3.07. The van der Waals surface area contributed by atoms with Crippen LogP contribution in [-0.2, 0) is 4.79 Å². The summed E-state index contributed by atoms with van der Waals surface area (Å²) in [5.74, 6) is -0.489. The van der Waals surface area contributed by atoms with Crippen molar-refractivity contribution in [2.75, 3.05) is 5.32 Å². The van der Waals surface area contributed by atoms with Crippen molar-refractivity contribution >= 4 is 29.3 Å². The summed E-state index contributed by atoms with van der Waals surface area (Å²) in [7, 11) is 0. The van der Waals surface area contributed by atoms with Gasteiger partial charge < -0.3 is 5.32 Å². The van der Waals surface area contributed by atoms with E-state index in [1.54, 1.807) is 17.7 Å². The summed E-state index contributed by atoms with van der Waals surface area (Å²) in [4.78, 5) is 12.6. The summed E-state index contributed by atoms with van der Waals surface area (Å²) in [6.45, 7) is 7.70. The van der Waals surface area contributed by atoms with Gasteiger partial charge in [0.2, 0.25) is 0 Å². The Bertz CT molecular complexity index is 1170. The summed E-state index contributed by atoms with van der Waals surface area (Å²) in [6.07, 6.45) is 1.48. The molecule has 6 heteroatoms. The monoisotopic (exact) mass is 404 g/mol. The van der Waals surface area contributed by atoms with Gasteiger partial charge in [-0.05, 0) is 57.0 Å². The number of rotatable bonds is 4. The number of halogens is 1. The minimum Gasteiger partial charge on any atom is -0.321 e. The number of nitrogens with zero attached hydrogens (tertiary/aromatic N) is 3. The van der Waals surface area contributed by atoms with Gasteiger partial charge in [-0.1, -0.05) is 47.5 Å². The quantitative estimate of drug-likeness (QED) is 0.473. The van der Waals surface area contributed by atoms with Crippen molar-refractivity contribution in [1.82, 2.24) is 9.78 Å². The van der Waals surface area contributed by atoms with Crippen LogP contribution < -0.4 is 5.32 Å². The number of carbonyl (C=O) groups is 1. The molecule has 0 aliphatic rings. The first-order valence-corrected chi connectivity index (χ1v) is 9.51. The van der Waals surface area contributed by atoms with Crippen LogP contribution in [0, 0.1) is 39.0 Å². The van der Waals surface area contributed by atoms with E-state index in [0.29, 0.717) is 22.1 Å². The number of aryl methyl sites for hydroxylation is 4. The lowest BCUT2D eigenvalue weighted by molar-refractivity contribution is -0.112. The third-order valence-electron chi connectivity index (χ3n) is 4.68. The molecule has 0 spiro atoms. The standard InChI is InChI=1S/C23H21ClN4O/c1-14-9-10-21(16(3)11-14)28-22(24)19(17(4)27-28)12-18(13-25)23(29)26-20-8-6-5-7-15(20)2/h5-12H,1-4H3,(H,26,29)/b18-12+. The van der Waals surface area contributed by atoms with Gasteiger partial charge in [0.25, 0.3) is 5.91 Å². The average Bonchev–Trinajstić information content (AvgIpc) is 2.95. The SMILES string of the molecule is Cc1ccc(-n2nc(C)c(/C=C(\C#N)C(=O)Nc3ccccc3C)c2Cl)c(C)c1. The minimum atomic E-state index is -0.489. The molecule has 0 radical (unpaired) electrons. The van der Waals surface area contributed by atoms with E-state index < -0.39 is 5.91 Å². The maximum Gasteiger partial charge on any atom is 0.266 e. The molecule has 3 aromatic rings. The molecule has 1 N–H and O–H groups in total. The van der Waals surface area contributed by atoms with Gasteiger partial charge in [-0.25, -0.2) is 4.68 Å². The van der Waals surface area contributed by atoms with E-state index in [0.717, 1.165) is 22.4 Å². The molecule has 2 aromatic carbocycles. The van der Waals surface area contributed by atoms with E-state index in [4.69, 9.17) is 11.6 Å². The number of nitrogens with one attached hydrogen (secondary N) is 1. The summed E-state index contributed by atoms with van der Waals surface area (Å²) in [5.41, 5.74) is 5.73. The van der Waals surface area contributed by atoms with Gasteiger partial charge in [0.05, 0.1) is 11.4 Å². The van der Waals surface area contributed by atoms with E-state index in [2.05, 4.69) is 16.5 Å². The molecule has 0 aliphatic heterocycles. The van der Waals surface area contributed by atoms with E-state index in [-0.39, 0.29) is 5.57 Å². The number of hydrogen-bond acceptors (Lipinski definition) is 3. The second kappa shape index (κ2) is 8.34. The third-order valence-corrected chi connectivity index (χ3v) is 5.04. The Morgan fingerprint density at radius 2 is 1.86 bits per heavy atom. The van der Waals surface area contributed by atoms with Gasteiger partial charge in [-0.3, -0.25) is 4.79 Å². The Kier molecular flexibility index (Phi) is 5.86. The zero-order valence-electron chi connectivity index (χ0n) is 16.7. The van der Waals surface area contributed by atoms with E-state index in [9.17, 15) is 10.1 Å². The second-order valence-corrected chi connectivity index (χ2v) is 7.29. The molecule has 0 fully saturated rings. The van der Waals surface area contributed by atoms with Crippen LogP contribution in [0.1, 0.15) is 27.9 Å². The van der Waals surface area contributed by atoms with E-state index >= 15 is 0 Å². The molecule has 0 aliphatic carbocycles. The van der Waals surface area contributed by atoms with Crippen LogP contribution in [0.5, 0.6) is 0 Å². The van der Waals surface area contributed by atoms with Crippen molar-refractivity contribution in [2.24, 2.45) is 0 Å². The van der Waals surface area contributed by atoms with Gasteiger partial charge in [-0.15, -0.1) is 0 Å². The molecule has 0 unspecified atom stereocenters. The minimum absolute atomic E-state index is 0.0431. The first-order valence-electron chi connectivity index (χ1n) is 9.13. The molecule has 146 valence electrons. The molecular formula is C23H21ClN4O. The molecule has 1 aromatic heterocycles. The normalized spacial score (nSPS) is 11.2. The highest BCUT2D eigenvalue weighted by molar-refractivity contribution is 6.31. The molecule has 0 saturated heterocycles. The smallest absolute Gasteiger partial charge is 0.266 e. The fraction of sp³-hybridized carbons (Fsp3) is 0.174. The van der Waals surface area contributed by atoms with Gasteiger partial charge in [0.15, 0.2) is 0 Å². The second-order valence-electron chi connectivity index (χ2n) is 6.93. The van der Waals surface area contributed by atoms with Crippen molar-refractivity contribution in [3.8, 4) is 11.8 Å². The van der Waals surface area contributed by atoms with Crippen LogP contribution in [0.3, 0.4) is 0 Å². The molecule has 3 rings (SSSR count). The molecule has 0 saturated carbocycles. The van der Waals surface area contributed by atoms with Crippen LogP contribution in [0.2, 0.25) is 5.15 Å². The largest absolute Gasteiger partial charge is 0.321 e. The van der Waals surface area contributed by atoms with Crippen molar-refractivity contribution < 1.29 is 4.79 Å². The van der Waals surface area contributed by atoms with E-state index in [1.165, 1.54) is 6.08 Å². The summed E-state index contributed by atoms with van der Waals surface area (Å²) < 4.78 is 1.63. The van der Waals surface area contributed by atoms with Gasteiger partial charge >= 0.3 is 0 Å². The van der Waals surface area contributed by atoms with Crippen molar-refractivity contribution in [1.29, 1.82) is 5.26 Å². The zero-order valence-corrected chi connectivity index (χ0v) is 17.5. The Morgan fingerprint density at radius 1 is 1.14 bits per heavy atom. The van der Waals surface area contributed by atoms with Crippen LogP contribution >= 0.6 is 11.6 Å². The first kappa shape index (κ1) is 20.4. The number of amides is 1. The lowest BCUT2D eigenvalue weighted by atomic mass is 10.1. The maximum absolute atomic E-state index is 12.6. The summed E-state index contributed by atoms with van der Waals surface area (Å²) in [6, 6.07) is 15.3. The molecular weight excluding hydrogens is 384 g/mol. The van der Waals surface area contributed by atoms with Crippen LogP contribution in [0.25, 0.3) is 11.8 Å². The highest BCUT2D eigenvalue weighted by Gasteiger charge is 2.18. The summed E-state index contributed by atoms with van der Waals surface area (Å²) >= 11 is 6.58. The highest BCUT2D eigenvalue weighted by Crippen LogP contribution is 2.28. The van der Waals surface area contributed by atoms with Gasteiger partial charge in [-0.2, -0.15) is 10.4 Å². The molecule has 1 amide bonds. The Labute approximate surface area is 175 Å². The molecule has 1 heterocycles. The van der Waals surface area contributed by atoms with E-state index in [1.807, 2.05) is 57.2 Å². The van der Waals surface area contributed by atoms with Crippen molar-refractivity contribution in [3.63, 3.8) is 0 Å². The topological polar surface area (TPSA) is 70.7 Å².